The van der Waals surface area contributed by atoms with Crippen LogP contribution >= 0.6 is 11.6 Å². The Morgan fingerprint density at radius 1 is 1.41 bits per heavy atom. The minimum absolute atomic E-state index is 0.0373. The Morgan fingerprint density at radius 2 is 2.21 bits per heavy atom. The van der Waals surface area contributed by atoms with Gasteiger partial charge in [0.15, 0.2) is 6.19 Å². The van der Waals surface area contributed by atoms with Crippen molar-refractivity contribution in [2.45, 2.75) is 45.1 Å². The molecule has 13 heteroatoms. The van der Waals surface area contributed by atoms with Crippen molar-refractivity contribution in [1.82, 2.24) is 20.5 Å². The van der Waals surface area contributed by atoms with Crippen LogP contribution in [0.25, 0.3) is 0 Å². The van der Waals surface area contributed by atoms with E-state index in [9.17, 15) is 23.9 Å². The van der Waals surface area contributed by atoms with Gasteiger partial charge in [-0.15, -0.1) is 0 Å². The number of aliphatic hydroxyl groups excluding tert-OH is 1. The van der Waals surface area contributed by atoms with Crippen LogP contribution in [0.1, 0.15) is 24.5 Å². The molecule has 1 fully saturated rings. The number of halogens is 3. The number of guanidine groups is 1. The van der Waals surface area contributed by atoms with Crippen LogP contribution in [0.2, 0.25) is 5.02 Å². The smallest absolute Gasteiger partial charge is 0.387 e. The molecule has 2 aliphatic rings. The molecule has 3 atom stereocenters. The predicted molar refractivity (Wildman–Crippen MR) is 142 cm³/mol. The first-order valence-electron chi connectivity index (χ1n) is 12.3. The number of carbonyl (C=O) groups excluding carboxylic acids is 1. The summed E-state index contributed by atoms with van der Waals surface area (Å²) >= 11 is 6.25. The third-order valence-electron chi connectivity index (χ3n) is 6.44. The van der Waals surface area contributed by atoms with Gasteiger partial charge in [-0.3, -0.25) is 10.1 Å². The monoisotopic (exact) mass is 559 g/mol. The van der Waals surface area contributed by atoms with Gasteiger partial charge in [-0.2, -0.15) is 19.1 Å². The zero-order chi connectivity index (χ0) is 28.1. The number of ether oxygens (including phenoxy) is 1. The van der Waals surface area contributed by atoms with E-state index in [0.717, 1.165) is 11.1 Å². The summed E-state index contributed by atoms with van der Waals surface area (Å²) in [6.07, 6.45) is 1.53. The molecule has 0 unspecified atom stereocenters. The molecule has 1 saturated heterocycles. The lowest BCUT2D eigenvalue weighted by molar-refractivity contribution is -0.134. The SMILES string of the molecule is CCN(C(=O)[C@H]1C[C@@H](O)CN1)[C@H]1CN(C(=Nc2cccc(OC(F)F)c2)NC#N)N=C1c1ccc(Cl)c(C)c1. The molecule has 39 heavy (non-hydrogen) atoms. The largest absolute Gasteiger partial charge is 0.435 e. The number of carbonyl (C=O) groups is 1. The van der Waals surface area contributed by atoms with E-state index >= 15 is 0 Å². The summed E-state index contributed by atoms with van der Waals surface area (Å²) in [5, 5.41) is 31.7. The summed E-state index contributed by atoms with van der Waals surface area (Å²) in [6.45, 7) is 1.57. The van der Waals surface area contributed by atoms with Crippen molar-refractivity contribution in [3.63, 3.8) is 0 Å². The standard InChI is InChI=1S/C26H28ClF2N7O3/c1-3-35(24(38)21-11-18(37)12-31-21)22-13-36(34-23(22)16-7-8-20(27)15(2)9-16)26(32-14-30)33-17-5-4-6-19(10-17)39-25(28)29/h4-10,18,21-22,25,31,37H,3,11-13H2,1-2H3,(H,32,33)/t18-,21-,22+/m1/s1. The predicted octanol–water partition coefficient (Wildman–Crippen LogP) is 2.97. The van der Waals surface area contributed by atoms with Gasteiger partial charge in [0.1, 0.15) is 5.75 Å². The summed E-state index contributed by atoms with van der Waals surface area (Å²) in [6, 6.07) is 10.1. The van der Waals surface area contributed by atoms with Gasteiger partial charge >= 0.3 is 6.61 Å². The van der Waals surface area contributed by atoms with Crippen molar-refractivity contribution in [3.05, 3.63) is 58.6 Å². The Hall–Kier alpha value is -3.79. The first kappa shape index (κ1) is 28.2. The van der Waals surface area contributed by atoms with Crippen LogP contribution in [-0.4, -0.2) is 77.0 Å². The summed E-state index contributed by atoms with van der Waals surface area (Å²) in [5.41, 5.74) is 2.37. The number of likely N-dealkylation sites (N-methyl/N-ethyl adjacent to an activating group) is 1. The number of rotatable bonds is 7. The van der Waals surface area contributed by atoms with E-state index in [1.165, 1.54) is 23.2 Å². The highest BCUT2D eigenvalue weighted by molar-refractivity contribution is 6.31. The molecular weight excluding hydrogens is 532 g/mol. The van der Waals surface area contributed by atoms with Crippen molar-refractivity contribution in [3.8, 4) is 11.9 Å². The highest BCUT2D eigenvalue weighted by Gasteiger charge is 2.40. The molecule has 10 nitrogen and oxygen atoms in total. The number of amides is 1. The molecule has 0 spiro atoms. The van der Waals surface area contributed by atoms with Gasteiger partial charge in [-0.1, -0.05) is 23.7 Å². The van der Waals surface area contributed by atoms with E-state index in [4.69, 9.17) is 16.7 Å². The normalized spacial score (nSPS) is 21.1. The van der Waals surface area contributed by atoms with Crippen LogP contribution in [0.4, 0.5) is 14.5 Å². The van der Waals surface area contributed by atoms with Crippen LogP contribution in [0.5, 0.6) is 5.75 Å². The minimum Gasteiger partial charge on any atom is -0.435 e. The number of hydrogen-bond donors (Lipinski definition) is 3. The van der Waals surface area contributed by atoms with E-state index in [2.05, 4.69) is 20.4 Å². The lowest BCUT2D eigenvalue weighted by Gasteiger charge is -2.31. The molecule has 0 saturated carbocycles. The molecule has 2 aliphatic heterocycles. The van der Waals surface area contributed by atoms with Crippen LogP contribution in [-0.2, 0) is 4.79 Å². The van der Waals surface area contributed by atoms with Crippen molar-refractivity contribution < 1.29 is 23.4 Å². The van der Waals surface area contributed by atoms with Crippen molar-refractivity contribution in [2.75, 3.05) is 19.6 Å². The molecule has 2 aromatic rings. The molecule has 0 aliphatic carbocycles. The molecule has 2 aromatic carbocycles. The first-order chi connectivity index (χ1) is 18.7. The topological polar surface area (TPSA) is 126 Å². The van der Waals surface area contributed by atoms with E-state index in [1.807, 2.05) is 26.1 Å². The fourth-order valence-electron chi connectivity index (χ4n) is 4.61. The average molecular weight is 560 g/mol. The van der Waals surface area contributed by atoms with E-state index in [0.29, 0.717) is 30.2 Å². The van der Waals surface area contributed by atoms with Gasteiger partial charge in [0.05, 0.1) is 36.1 Å². The molecule has 4 rings (SSSR count). The molecule has 0 radical (unpaired) electrons. The molecule has 206 valence electrons. The zero-order valence-electron chi connectivity index (χ0n) is 21.3. The van der Waals surface area contributed by atoms with Crippen LogP contribution in [0, 0.1) is 18.4 Å². The molecule has 2 heterocycles. The number of β-amino-alcohol motifs (C(OH)–C–C–N with tert-alkyl or cyclic N) is 1. The fourth-order valence-corrected chi connectivity index (χ4v) is 4.73. The number of aliphatic hydroxyl groups is 1. The lowest BCUT2D eigenvalue weighted by Crippen LogP contribution is -2.53. The fraction of sp³-hybridized carbons (Fsp3) is 0.385. The minimum atomic E-state index is -3.00. The first-order valence-corrected chi connectivity index (χ1v) is 12.7. The summed E-state index contributed by atoms with van der Waals surface area (Å²) < 4.78 is 29.8. The summed E-state index contributed by atoms with van der Waals surface area (Å²) in [5.74, 6) is -0.227. The molecule has 1 amide bonds. The molecule has 0 aromatic heterocycles. The van der Waals surface area contributed by atoms with Crippen LogP contribution in [0.15, 0.2) is 52.6 Å². The van der Waals surface area contributed by atoms with Crippen LogP contribution < -0.4 is 15.4 Å². The van der Waals surface area contributed by atoms with Gasteiger partial charge in [0, 0.05) is 29.7 Å². The summed E-state index contributed by atoms with van der Waals surface area (Å²) in [7, 11) is 0. The number of nitriles is 1. The van der Waals surface area contributed by atoms with E-state index < -0.39 is 24.8 Å². The Morgan fingerprint density at radius 3 is 2.85 bits per heavy atom. The number of nitrogens with zero attached hydrogens (tertiary/aromatic N) is 5. The van der Waals surface area contributed by atoms with Gasteiger partial charge in [0.25, 0.3) is 0 Å². The maximum atomic E-state index is 13.5. The Labute approximate surface area is 229 Å². The molecule has 3 N–H and O–H groups in total. The number of nitrogens with one attached hydrogen (secondary N) is 2. The van der Waals surface area contributed by atoms with Crippen molar-refractivity contribution in [1.29, 1.82) is 5.26 Å². The summed E-state index contributed by atoms with van der Waals surface area (Å²) in [4.78, 5) is 19.6. The highest BCUT2D eigenvalue weighted by Crippen LogP contribution is 2.26. The zero-order valence-corrected chi connectivity index (χ0v) is 22.1. The maximum absolute atomic E-state index is 13.5. The highest BCUT2D eigenvalue weighted by atomic mass is 35.5. The lowest BCUT2D eigenvalue weighted by atomic mass is 10.00. The second-order valence-electron chi connectivity index (χ2n) is 9.07. The van der Waals surface area contributed by atoms with Crippen molar-refractivity contribution in [2.24, 2.45) is 10.1 Å². The molecular formula is C26H28ClF2N7O3. The third-order valence-corrected chi connectivity index (χ3v) is 6.86. The number of aliphatic imine (C=N–C) groups is 1. The third kappa shape index (κ3) is 6.62. The Bertz CT molecular complexity index is 1320. The van der Waals surface area contributed by atoms with Gasteiger partial charge < -0.3 is 20.1 Å². The second-order valence-corrected chi connectivity index (χ2v) is 9.48. The Kier molecular flexibility index (Phi) is 8.96. The second kappa shape index (κ2) is 12.4. The van der Waals surface area contributed by atoms with Gasteiger partial charge in [-0.05, 0) is 50.1 Å². The number of aryl methyl sites for hydroxylation is 1. The molecule has 0 bridgehead atoms. The van der Waals surface area contributed by atoms with E-state index in [-0.39, 0.29) is 29.8 Å². The Balaban J connectivity index is 1.72. The van der Waals surface area contributed by atoms with Gasteiger partial charge in [0.2, 0.25) is 11.9 Å². The van der Waals surface area contributed by atoms with E-state index in [1.54, 1.807) is 23.1 Å². The number of benzene rings is 2. The average Bonchev–Trinajstić information content (AvgIpc) is 3.53. The quantitative estimate of drug-likeness (QED) is 0.206. The number of alkyl halides is 2. The van der Waals surface area contributed by atoms with Gasteiger partial charge in [-0.25, -0.2) is 10.0 Å². The maximum Gasteiger partial charge on any atom is 0.387 e. The van der Waals surface area contributed by atoms with Crippen molar-refractivity contribution >= 4 is 34.9 Å². The number of hydrazone groups is 1. The van der Waals surface area contributed by atoms with Crippen LogP contribution in [0.3, 0.4) is 0 Å². The number of hydrogen-bond acceptors (Lipinski definition) is 7.